The smallest absolute Gasteiger partial charge is 0.0654 e. The first-order chi connectivity index (χ1) is 8.42. The monoisotopic (exact) mass is 240 g/mol. The van der Waals surface area contributed by atoms with E-state index in [1.807, 2.05) is 0 Å². The van der Waals surface area contributed by atoms with E-state index in [1.54, 1.807) is 10.4 Å². The molecule has 0 aliphatic carbocycles. The Bertz CT molecular complexity index is 382. The third kappa shape index (κ3) is 3.30. The van der Waals surface area contributed by atoms with Gasteiger partial charge in [-0.3, -0.25) is 0 Å². The molecule has 0 bridgehead atoms. The van der Waals surface area contributed by atoms with Crippen molar-refractivity contribution in [3.63, 3.8) is 0 Å². The number of rotatable bonds is 5. The Labute approximate surface area is 106 Å². The minimum atomic E-state index is -0.968. The van der Waals surface area contributed by atoms with E-state index in [2.05, 4.69) is 67.6 Å². The lowest BCUT2D eigenvalue weighted by Gasteiger charge is -2.15. The number of hydrogen-bond donors (Lipinski definition) is 0. The Morgan fingerprint density at radius 3 is 1.65 bits per heavy atom. The van der Waals surface area contributed by atoms with Crippen molar-refractivity contribution in [2.24, 2.45) is 0 Å². The van der Waals surface area contributed by atoms with Gasteiger partial charge in [-0.1, -0.05) is 96.8 Å². The lowest BCUT2D eigenvalue weighted by molar-refractivity contribution is 0.878. The van der Waals surface area contributed by atoms with Crippen LogP contribution in [0.4, 0.5) is 0 Å². The summed E-state index contributed by atoms with van der Waals surface area (Å²) in [6, 6.07) is 23.5. The summed E-state index contributed by atoms with van der Waals surface area (Å²) in [5.41, 5.74) is 0. The predicted octanol–water partition coefficient (Wildman–Crippen LogP) is 2.83. The van der Waals surface area contributed by atoms with Crippen LogP contribution in [-0.4, -0.2) is 8.80 Å². The highest BCUT2D eigenvalue weighted by Gasteiger charge is 2.14. The van der Waals surface area contributed by atoms with Crippen molar-refractivity contribution in [1.82, 2.24) is 0 Å². The zero-order chi connectivity index (χ0) is 11.9. The molecule has 1 heteroatoms. The molecule has 0 aromatic heterocycles. The maximum absolute atomic E-state index is 2.31. The van der Waals surface area contributed by atoms with Crippen LogP contribution in [0.2, 0.25) is 6.04 Å². The van der Waals surface area contributed by atoms with Gasteiger partial charge in [-0.05, 0) is 0 Å². The normalized spacial score (nSPS) is 10.7. The summed E-state index contributed by atoms with van der Waals surface area (Å²) in [5, 5.41) is 3.15. The Balaban J connectivity index is 2.26. The molecular formula is C16H20Si. The van der Waals surface area contributed by atoms with E-state index < -0.39 is 8.80 Å². The topological polar surface area (TPSA) is 0 Å². The van der Waals surface area contributed by atoms with Crippen LogP contribution in [0.5, 0.6) is 0 Å². The van der Waals surface area contributed by atoms with Crippen LogP contribution in [0.3, 0.4) is 0 Å². The van der Waals surface area contributed by atoms with Gasteiger partial charge in [0.05, 0.1) is 0 Å². The van der Waals surface area contributed by atoms with E-state index in [4.69, 9.17) is 0 Å². The molecule has 17 heavy (non-hydrogen) atoms. The van der Waals surface area contributed by atoms with Crippen molar-refractivity contribution in [3.8, 4) is 0 Å². The Kier molecular flexibility index (Phi) is 4.57. The van der Waals surface area contributed by atoms with E-state index in [0.29, 0.717) is 0 Å². The van der Waals surface area contributed by atoms with E-state index >= 15 is 0 Å². The lowest BCUT2D eigenvalue weighted by Crippen LogP contribution is -2.41. The minimum absolute atomic E-state index is 0.968. The highest BCUT2D eigenvalue weighted by Crippen LogP contribution is 2.03. The fraction of sp³-hybridized carbons (Fsp3) is 0.250. The summed E-state index contributed by atoms with van der Waals surface area (Å²) in [4.78, 5) is 0. The van der Waals surface area contributed by atoms with Gasteiger partial charge in [0.1, 0.15) is 8.80 Å². The van der Waals surface area contributed by atoms with E-state index in [9.17, 15) is 0 Å². The standard InChI is InChI=1S/C16H20Si/c1-2-3-14-17(15-10-6-4-7-11-15)16-12-8-5-9-13-16/h4-13,17H,2-3,14H2,1H3. The van der Waals surface area contributed by atoms with Gasteiger partial charge in [0.25, 0.3) is 0 Å². The van der Waals surface area contributed by atoms with E-state index in [0.717, 1.165) is 0 Å². The fourth-order valence-electron chi connectivity index (χ4n) is 2.30. The summed E-state index contributed by atoms with van der Waals surface area (Å²) < 4.78 is 0. The second-order valence-corrected chi connectivity index (χ2v) is 7.53. The second kappa shape index (κ2) is 6.41. The van der Waals surface area contributed by atoms with E-state index in [-0.39, 0.29) is 0 Å². The van der Waals surface area contributed by atoms with Gasteiger partial charge in [0.2, 0.25) is 0 Å². The summed E-state index contributed by atoms with van der Waals surface area (Å²) in [5.74, 6) is 0. The van der Waals surface area contributed by atoms with Gasteiger partial charge in [-0.15, -0.1) is 0 Å². The van der Waals surface area contributed by atoms with Gasteiger partial charge in [-0.2, -0.15) is 0 Å². The van der Waals surface area contributed by atoms with Crippen molar-refractivity contribution in [3.05, 3.63) is 60.7 Å². The first-order valence-corrected chi connectivity index (χ1v) is 8.49. The average Bonchev–Trinajstić information content (AvgIpc) is 2.42. The molecule has 0 aliphatic heterocycles. The third-order valence-corrected chi connectivity index (χ3v) is 6.62. The predicted molar refractivity (Wildman–Crippen MR) is 79.0 cm³/mol. The van der Waals surface area contributed by atoms with Crippen LogP contribution >= 0.6 is 0 Å². The molecule has 0 saturated heterocycles. The Morgan fingerprint density at radius 1 is 0.765 bits per heavy atom. The van der Waals surface area contributed by atoms with Gasteiger partial charge in [0, 0.05) is 0 Å². The van der Waals surface area contributed by atoms with Gasteiger partial charge >= 0.3 is 0 Å². The van der Waals surface area contributed by atoms with Crippen molar-refractivity contribution in [2.75, 3.05) is 0 Å². The van der Waals surface area contributed by atoms with Gasteiger partial charge in [0.15, 0.2) is 0 Å². The molecular weight excluding hydrogens is 220 g/mol. The number of unbranched alkanes of at least 4 members (excludes halogenated alkanes) is 1. The van der Waals surface area contributed by atoms with E-state index in [1.165, 1.54) is 18.9 Å². The zero-order valence-corrected chi connectivity index (χ0v) is 11.6. The zero-order valence-electron chi connectivity index (χ0n) is 10.5. The maximum atomic E-state index is 2.31. The molecule has 2 rings (SSSR count). The van der Waals surface area contributed by atoms with Crippen LogP contribution < -0.4 is 10.4 Å². The molecule has 2 aromatic carbocycles. The van der Waals surface area contributed by atoms with Crippen LogP contribution in [0, 0.1) is 0 Å². The summed E-state index contributed by atoms with van der Waals surface area (Å²) in [7, 11) is -0.968. The summed E-state index contributed by atoms with van der Waals surface area (Å²) >= 11 is 0. The second-order valence-electron chi connectivity index (χ2n) is 4.52. The quantitative estimate of drug-likeness (QED) is 0.705. The molecule has 0 aliphatic rings. The molecule has 0 atom stereocenters. The molecule has 0 spiro atoms. The average molecular weight is 240 g/mol. The van der Waals surface area contributed by atoms with Gasteiger partial charge in [-0.25, -0.2) is 0 Å². The molecule has 2 aromatic rings. The first kappa shape index (κ1) is 12.1. The van der Waals surface area contributed by atoms with Crippen LogP contribution in [0.1, 0.15) is 19.8 Å². The number of benzene rings is 2. The molecule has 0 N–H and O–H groups in total. The van der Waals surface area contributed by atoms with Crippen molar-refractivity contribution < 1.29 is 0 Å². The lowest BCUT2D eigenvalue weighted by atomic mass is 10.4. The molecule has 0 saturated carbocycles. The molecule has 0 radical (unpaired) electrons. The largest absolute Gasteiger partial charge is 0.103 e. The molecule has 0 nitrogen and oxygen atoms in total. The summed E-state index contributed by atoms with van der Waals surface area (Å²) in [6.45, 7) is 2.28. The van der Waals surface area contributed by atoms with Gasteiger partial charge < -0.3 is 0 Å². The van der Waals surface area contributed by atoms with Crippen LogP contribution in [0.25, 0.3) is 0 Å². The van der Waals surface area contributed by atoms with Crippen LogP contribution in [0.15, 0.2) is 60.7 Å². The molecule has 0 unspecified atom stereocenters. The summed E-state index contributed by atoms with van der Waals surface area (Å²) in [6.07, 6.45) is 2.64. The number of hydrogen-bond acceptors (Lipinski definition) is 0. The third-order valence-electron chi connectivity index (χ3n) is 3.25. The molecule has 0 fully saturated rings. The highest BCUT2D eigenvalue weighted by atomic mass is 28.3. The minimum Gasteiger partial charge on any atom is -0.0654 e. The Morgan fingerprint density at radius 2 is 1.24 bits per heavy atom. The SMILES string of the molecule is CCCC[SiH](c1ccccc1)c1ccccc1. The Hall–Kier alpha value is -1.34. The highest BCUT2D eigenvalue weighted by molar-refractivity contribution is 6.85. The molecule has 0 heterocycles. The molecule has 88 valence electrons. The van der Waals surface area contributed by atoms with Crippen molar-refractivity contribution >= 4 is 19.2 Å². The first-order valence-electron chi connectivity index (χ1n) is 6.51. The van der Waals surface area contributed by atoms with Crippen molar-refractivity contribution in [1.29, 1.82) is 0 Å². The maximum Gasteiger partial charge on any atom is 0.103 e. The fourth-order valence-corrected chi connectivity index (χ4v) is 5.55. The molecule has 0 amide bonds. The van der Waals surface area contributed by atoms with Crippen LogP contribution in [-0.2, 0) is 0 Å². The van der Waals surface area contributed by atoms with Crippen molar-refractivity contribution in [2.45, 2.75) is 25.8 Å².